The van der Waals surface area contributed by atoms with E-state index < -0.39 is 10.0 Å². The first-order valence-corrected chi connectivity index (χ1v) is 8.22. The number of ether oxygens (including phenoxy) is 1. The number of nitrogens with zero attached hydrogens (tertiary/aromatic N) is 1. The average molecular weight is 299 g/mol. The van der Waals surface area contributed by atoms with Crippen LogP contribution in [0.2, 0.25) is 0 Å². The van der Waals surface area contributed by atoms with Crippen molar-refractivity contribution in [1.82, 2.24) is 4.31 Å². The summed E-state index contributed by atoms with van der Waals surface area (Å²) < 4.78 is 31.3. The number of hydrogen-bond donors (Lipinski definition) is 1. The van der Waals surface area contributed by atoms with Crippen LogP contribution in [0, 0.1) is 5.92 Å². The second-order valence-corrected chi connectivity index (χ2v) is 7.19. The summed E-state index contributed by atoms with van der Waals surface area (Å²) in [6.45, 7) is 1.40. The summed E-state index contributed by atoms with van der Waals surface area (Å²) in [4.78, 5) is 0.236. The number of likely N-dealkylation sites (N-methyl/N-ethyl adjacent to an activating group) is 1. The molecule has 0 saturated heterocycles. The molecule has 1 saturated carbocycles. The van der Waals surface area contributed by atoms with Crippen molar-refractivity contribution in [2.45, 2.75) is 24.3 Å². The summed E-state index contributed by atoms with van der Waals surface area (Å²) in [5.74, 6) is 0.683. The molecule has 5 nitrogen and oxygen atoms in total. The molecule has 1 aliphatic rings. The topological polar surface area (TPSA) is 66.8 Å². The maximum absolute atomic E-state index is 12.3. The third kappa shape index (κ3) is 4.02. The van der Waals surface area contributed by atoms with Gasteiger partial charge in [0.15, 0.2) is 0 Å². The molecule has 1 aromatic carbocycles. The van der Waals surface area contributed by atoms with E-state index in [1.54, 1.807) is 19.2 Å². The third-order valence-electron chi connectivity index (χ3n) is 3.42. The van der Waals surface area contributed by atoms with E-state index in [1.165, 1.54) is 29.3 Å². The molecule has 0 bridgehead atoms. The molecule has 0 heterocycles. The summed E-state index contributed by atoms with van der Waals surface area (Å²) in [6.07, 6.45) is 2.46. The monoisotopic (exact) mass is 299 g/mol. The van der Waals surface area contributed by atoms with Crippen molar-refractivity contribution in [2.75, 3.05) is 26.8 Å². The van der Waals surface area contributed by atoms with Crippen molar-refractivity contribution in [2.24, 2.45) is 5.92 Å². The quantitative estimate of drug-likeness (QED) is 0.733. The van der Waals surface area contributed by atoms with E-state index in [4.69, 9.17) is 9.84 Å². The first kappa shape index (κ1) is 15.4. The maximum atomic E-state index is 12.3. The Morgan fingerprint density at radius 1 is 1.30 bits per heavy atom. The van der Waals surface area contributed by atoms with Crippen LogP contribution in [0.15, 0.2) is 29.2 Å². The molecular formula is C14H21NO4S. The molecule has 1 aromatic rings. The molecule has 112 valence electrons. The first-order valence-electron chi connectivity index (χ1n) is 6.78. The van der Waals surface area contributed by atoms with E-state index in [2.05, 4.69) is 0 Å². The van der Waals surface area contributed by atoms with Gasteiger partial charge in [0.1, 0.15) is 0 Å². The average Bonchev–Trinajstić information content (AvgIpc) is 3.27. The predicted octanol–water partition coefficient (Wildman–Crippen LogP) is 1.23. The van der Waals surface area contributed by atoms with Gasteiger partial charge in [0.2, 0.25) is 10.0 Å². The van der Waals surface area contributed by atoms with Crippen LogP contribution in [0.1, 0.15) is 18.4 Å². The highest BCUT2D eigenvalue weighted by molar-refractivity contribution is 7.89. The highest BCUT2D eigenvalue weighted by Crippen LogP contribution is 2.28. The van der Waals surface area contributed by atoms with Crippen LogP contribution in [0.4, 0.5) is 0 Å². The van der Waals surface area contributed by atoms with E-state index in [9.17, 15) is 8.42 Å². The predicted molar refractivity (Wildman–Crippen MR) is 75.7 cm³/mol. The Labute approximate surface area is 120 Å². The van der Waals surface area contributed by atoms with E-state index in [-0.39, 0.29) is 11.5 Å². The standard InChI is InChI=1S/C14H21NO4S/c1-15(8-9-19-11-13-2-3-13)20(17,18)14-6-4-12(10-16)5-7-14/h4-7,13,16H,2-3,8-11H2,1H3. The largest absolute Gasteiger partial charge is 0.392 e. The van der Waals surface area contributed by atoms with E-state index in [0.717, 1.165) is 6.61 Å². The van der Waals surface area contributed by atoms with Gasteiger partial charge in [-0.2, -0.15) is 4.31 Å². The van der Waals surface area contributed by atoms with Crippen LogP contribution in [0.25, 0.3) is 0 Å². The summed E-state index contributed by atoms with van der Waals surface area (Å²) in [6, 6.07) is 6.26. The van der Waals surface area contributed by atoms with Crippen molar-refractivity contribution in [1.29, 1.82) is 0 Å². The molecular weight excluding hydrogens is 278 g/mol. The van der Waals surface area contributed by atoms with Gasteiger partial charge >= 0.3 is 0 Å². The Balaban J connectivity index is 1.89. The molecule has 1 aliphatic carbocycles. The highest BCUT2D eigenvalue weighted by atomic mass is 32.2. The Morgan fingerprint density at radius 2 is 1.95 bits per heavy atom. The Bertz CT molecular complexity index is 523. The zero-order chi connectivity index (χ0) is 14.6. The molecule has 2 rings (SSSR count). The number of aliphatic hydroxyl groups excluding tert-OH is 1. The minimum absolute atomic E-state index is 0.0921. The fraction of sp³-hybridized carbons (Fsp3) is 0.571. The van der Waals surface area contributed by atoms with Crippen LogP contribution in [-0.2, 0) is 21.4 Å². The Morgan fingerprint density at radius 3 is 2.50 bits per heavy atom. The fourth-order valence-electron chi connectivity index (χ4n) is 1.79. The summed E-state index contributed by atoms with van der Waals surface area (Å²) in [5, 5.41) is 8.96. The van der Waals surface area contributed by atoms with E-state index >= 15 is 0 Å². The molecule has 0 atom stereocenters. The second kappa shape index (κ2) is 6.67. The summed E-state index contributed by atoms with van der Waals surface area (Å²) >= 11 is 0. The first-order chi connectivity index (χ1) is 9.54. The lowest BCUT2D eigenvalue weighted by Gasteiger charge is -2.17. The van der Waals surface area contributed by atoms with Crippen molar-refractivity contribution in [3.63, 3.8) is 0 Å². The van der Waals surface area contributed by atoms with Gasteiger partial charge in [0.05, 0.1) is 18.1 Å². The maximum Gasteiger partial charge on any atom is 0.242 e. The SMILES string of the molecule is CN(CCOCC1CC1)S(=O)(=O)c1ccc(CO)cc1. The van der Waals surface area contributed by atoms with Gasteiger partial charge < -0.3 is 9.84 Å². The zero-order valence-electron chi connectivity index (χ0n) is 11.7. The lowest BCUT2D eigenvalue weighted by Crippen LogP contribution is -2.30. The normalized spacial score (nSPS) is 15.8. The lowest BCUT2D eigenvalue weighted by atomic mass is 10.2. The number of sulfonamides is 1. The van der Waals surface area contributed by atoms with Gasteiger partial charge in [-0.1, -0.05) is 12.1 Å². The molecule has 6 heteroatoms. The van der Waals surface area contributed by atoms with Crippen LogP contribution in [0.3, 0.4) is 0 Å². The second-order valence-electron chi connectivity index (χ2n) is 5.15. The molecule has 1 fully saturated rings. The number of rotatable bonds is 8. The molecule has 20 heavy (non-hydrogen) atoms. The molecule has 0 aromatic heterocycles. The van der Waals surface area contributed by atoms with Gasteiger partial charge in [-0.25, -0.2) is 8.42 Å². The van der Waals surface area contributed by atoms with Gasteiger partial charge in [-0.05, 0) is 36.5 Å². The van der Waals surface area contributed by atoms with Crippen molar-refractivity contribution < 1.29 is 18.3 Å². The number of aliphatic hydroxyl groups is 1. The zero-order valence-corrected chi connectivity index (χ0v) is 12.5. The van der Waals surface area contributed by atoms with Crippen molar-refractivity contribution in [3.05, 3.63) is 29.8 Å². The minimum Gasteiger partial charge on any atom is -0.392 e. The smallest absolute Gasteiger partial charge is 0.242 e. The van der Waals surface area contributed by atoms with E-state index in [0.29, 0.717) is 24.6 Å². The Kier molecular flexibility index (Phi) is 5.15. The molecule has 0 amide bonds. The fourth-order valence-corrected chi connectivity index (χ4v) is 2.95. The molecule has 0 spiro atoms. The number of hydrogen-bond acceptors (Lipinski definition) is 4. The minimum atomic E-state index is -3.48. The van der Waals surface area contributed by atoms with Gasteiger partial charge in [0, 0.05) is 20.2 Å². The molecule has 0 radical (unpaired) electrons. The molecule has 1 N–H and O–H groups in total. The Hall–Kier alpha value is -0.950. The molecule has 0 aliphatic heterocycles. The summed E-state index contributed by atoms with van der Waals surface area (Å²) in [5.41, 5.74) is 0.694. The van der Waals surface area contributed by atoms with Gasteiger partial charge in [-0.15, -0.1) is 0 Å². The van der Waals surface area contributed by atoms with Crippen LogP contribution < -0.4 is 0 Å². The van der Waals surface area contributed by atoms with Crippen LogP contribution >= 0.6 is 0 Å². The van der Waals surface area contributed by atoms with Crippen LogP contribution in [-0.4, -0.2) is 44.6 Å². The molecule has 0 unspecified atom stereocenters. The van der Waals surface area contributed by atoms with Crippen LogP contribution in [0.5, 0.6) is 0 Å². The van der Waals surface area contributed by atoms with E-state index in [1.807, 2.05) is 0 Å². The lowest BCUT2D eigenvalue weighted by molar-refractivity contribution is 0.117. The van der Waals surface area contributed by atoms with Gasteiger partial charge in [0.25, 0.3) is 0 Å². The van der Waals surface area contributed by atoms with Crippen molar-refractivity contribution in [3.8, 4) is 0 Å². The number of benzene rings is 1. The van der Waals surface area contributed by atoms with Crippen molar-refractivity contribution >= 4 is 10.0 Å². The van der Waals surface area contributed by atoms with Gasteiger partial charge in [-0.3, -0.25) is 0 Å². The highest BCUT2D eigenvalue weighted by Gasteiger charge is 2.22. The summed E-state index contributed by atoms with van der Waals surface area (Å²) in [7, 11) is -1.93. The third-order valence-corrected chi connectivity index (χ3v) is 5.29.